The van der Waals surface area contributed by atoms with E-state index in [4.69, 9.17) is 17.3 Å². The number of thiocarbonyl (C=S) groups is 1. The minimum atomic E-state index is -4.45. The number of hydrogen-bond donors (Lipinski definition) is 1. The Morgan fingerprint density at radius 3 is 2.24 bits per heavy atom. The molecule has 0 fully saturated rings. The molecule has 5 nitrogen and oxygen atoms in total. The zero-order valence-corrected chi connectivity index (χ0v) is 14.7. The van der Waals surface area contributed by atoms with E-state index in [1.54, 1.807) is 0 Å². The average Bonchev–Trinajstić information content (AvgIpc) is 2.18. The third kappa shape index (κ3) is 7.99. The first-order chi connectivity index (χ1) is 7.36. The topological polar surface area (TPSA) is 80.7 Å². The predicted octanol–water partition coefficient (Wildman–Crippen LogP) is -2.74. The predicted molar refractivity (Wildman–Crippen MR) is 68.5 cm³/mol. The third-order valence-electron chi connectivity index (χ3n) is 2.03. The van der Waals surface area contributed by atoms with Crippen LogP contribution < -0.4 is 29.6 Å². The Hall–Kier alpha value is 1.11. The van der Waals surface area contributed by atoms with Gasteiger partial charge in [0.2, 0.25) is 0 Å². The number of aliphatic hydroxyl groups excluding tert-OH is 1. The van der Waals surface area contributed by atoms with Crippen molar-refractivity contribution in [2.45, 2.75) is 19.1 Å². The second kappa shape index (κ2) is 9.96. The second-order valence-corrected chi connectivity index (χ2v) is 6.35. The van der Waals surface area contributed by atoms with Crippen molar-refractivity contribution >= 4 is 38.4 Å². The molecule has 0 aliphatic heterocycles. The Labute approximate surface area is 134 Å². The third-order valence-corrected chi connectivity index (χ3v) is 5.06. The van der Waals surface area contributed by atoms with E-state index in [1.165, 1.54) is 0 Å². The summed E-state index contributed by atoms with van der Waals surface area (Å²) in [6.07, 6.45) is 0. The second-order valence-electron chi connectivity index (χ2n) is 3.05. The van der Waals surface area contributed by atoms with Crippen LogP contribution in [0.3, 0.4) is 0 Å². The van der Waals surface area contributed by atoms with Crippen LogP contribution in [-0.2, 0) is 10.1 Å². The maximum absolute atomic E-state index is 10.7. The van der Waals surface area contributed by atoms with E-state index < -0.39 is 22.0 Å². The largest absolute Gasteiger partial charge is 1.00 e. The van der Waals surface area contributed by atoms with Gasteiger partial charge >= 0.3 is 29.6 Å². The quantitative estimate of drug-likeness (QED) is 0.324. The van der Waals surface area contributed by atoms with Gasteiger partial charge in [-0.3, -0.25) is 0 Å². The smallest absolute Gasteiger partial charge is 0.748 e. The Bertz CT molecular complexity index is 319. The summed E-state index contributed by atoms with van der Waals surface area (Å²) in [5, 5.41) is 7.49. The molecule has 0 aromatic rings. The van der Waals surface area contributed by atoms with Crippen LogP contribution in [0.25, 0.3) is 0 Å². The van der Waals surface area contributed by atoms with Crippen molar-refractivity contribution in [3.8, 4) is 0 Å². The van der Waals surface area contributed by atoms with E-state index in [-0.39, 0.29) is 35.3 Å². The van der Waals surface area contributed by atoms with Gasteiger partial charge in [-0.25, -0.2) is 8.42 Å². The van der Waals surface area contributed by atoms with E-state index in [2.05, 4.69) is 0 Å². The first kappa shape index (κ1) is 20.4. The first-order valence-electron chi connectivity index (χ1n) is 4.84. The molecule has 1 N–H and O–H groups in total. The van der Waals surface area contributed by atoms with Crippen molar-refractivity contribution in [3.63, 3.8) is 0 Å². The average molecular weight is 309 g/mol. The van der Waals surface area contributed by atoms with Gasteiger partial charge < -0.3 is 14.6 Å². The van der Waals surface area contributed by atoms with Gasteiger partial charge in [0.15, 0.2) is 0 Å². The molecule has 0 bridgehead atoms. The van der Waals surface area contributed by atoms with Gasteiger partial charge in [0.1, 0.15) is 14.4 Å². The number of hydrogen-bond acceptors (Lipinski definition) is 6. The molecule has 0 spiro atoms. The summed E-state index contributed by atoms with van der Waals surface area (Å²) in [4.78, 5) is 1.88. The Morgan fingerprint density at radius 2 is 1.94 bits per heavy atom. The van der Waals surface area contributed by atoms with Crippen LogP contribution in [-0.4, -0.2) is 58.0 Å². The van der Waals surface area contributed by atoms with E-state index in [0.29, 0.717) is 4.32 Å². The number of rotatable bonds is 6. The van der Waals surface area contributed by atoms with Gasteiger partial charge in [-0.2, -0.15) is 0 Å². The van der Waals surface area contributed by atoms with Gasteiger partial charge in [0.25, 0.3) is 0 Å². The summed E-state index contributed by atoms with van der Waals surface area (Å²) in [6, 6.07) is 0. The molecule has 0 amide bonds. The number of nitrogens with zero attached hydrogens (tertiary/aromatic N) is 1. The van der Waals surface area contributed by atoms with E-state index in [1.807, 2.05) is 18.7 Å². The van der Waals surface area contributed by atoms with Crippen molar-refractivity contribution in [2.75, 3.05) is 25.4 Å². The zero-order chi connectivity index (χ0) is 12.8. The molecule has 0 aliphatic rings. The normalized spacial score (nSPS) is 12.7. The molecule has 17 heavy (non-hydrogen) atoms. The van der Waals surface area contributed by atoms with Crippen molar-refractivity contribution in [3.05, 3.63) is 0 Å². The van der Waals surface area contributed by atoms with Crippen LogP contribution in [0.4, 0.5) is 0 Å². The van der Waals surface area contributed by atoms with Crippen LogP contribution in [0.2, 0.25) is 0 Å². The first-order valence-corrected chi connectivity index (χ1v) is 7.70. The van der Waals surface area contributed by atoms with Crippen LogP contribution in [0, 0.1) is 0 Å². The zero-order valence-electron chi connectivity index (χ0n) is 10.2. The van der Waals surface area contributed by atoms with E-state index in [9.17, 15) is 13.0 Å². The fourth-order valence-corrected chi connectivity index (χ4v) is 3.35. The maximum Gasteiger partial charge on any atom is 1.00 e. The SMILES string of the molecule is CCN(CC)C(=S)SCC(CO)S(=O)(=O)[O-].[Na+]. The Kier molecular flexibility index (Phi) is 12.0. The molecule has 0 rings (SSSR count). The minimum absolute atomic E-state index is 0. The molecule has 0 saturated carbocycles. The number of aliphatic hydroxyl groups is 1. The summed E-state index contributed by atoms with van der Waals surface area (Å²) in [7, 11) is -4.45. The molecule has 0 aromatic carbocycles. The molecule has 0 saturated heterocycles. The van der Waals surface area contributed by atoms with Crippen molar-refractivity contribution in [1.29, 1.82) is 0 Å². The van der Waals surface area contributed by atoms with Crippen molar-refractivity contribution in [1.82, 2.24) is 4.90 Å². The molecule has 96 valence electrons. The molecular formula is C8H16NNaO4S3. The maximum atomic E-state index is 10.7. The van der Waals surface area contributed by atoms with Gasteiger partial charge in [-0.05, 0) is 13.8 Å². The summed E-state index contributed by atoms with van der Waals surface area (Å²) < 4.78 is 32.6. The molecule has 0 aromatic heterocycles. The monoisotopic (exact) mass is 309 g/mol. The standard InChI is InChI=1S/C8H17NO4S3.Na/c1-3-9(4-2)8(14)15-6-7(5-10)16(11,12)13;/h7,10H,3-6H2,1-2H3,(H,11,12,13);/q;+1/p-1. The Morgan fingerprint density at radius 1 is 1.47 bits per heavy atom. The summed E-state index contributed by atoms with van der Waals surface area (Å²) >= 11 is 6.18. The fraction of sp³-hybridized carbons (Fsp3) is 0.875. The summed E-state index contributed by atoms with van der Waals surface area (Å²) in [5.41, 5.74) is 0. The van der Waals surface area contributed by atoms with Crippen LogP contribution in [0.15, 0.2) is 0 Å². The molecule has 0 radical (unpaired) electrons. The molecule has 0 heterocycles. The number of thioether (sulfide) groups is 1. The molecular weight excluding hydrogens is 293 g/mol. The molecule has 1 unspecified atom stereocenters. The van der Waals surface area contributed by atoms with Crippen LogP contribution in [0.5, 0.6) is 0 Å². The molecule has 0 aliphatic carbocycles. The van der Waals surface area contributed by atoms with E-state index in [0.717, 1.165) is 24.9 Å². The van der Waals surface area contributed by atoms with Crippen molar-refractivity contribution in [2.24, 2.45) is 0 Å². The Balaban J connectivity index is 0. The molecule has 1 atom stereocenters. The van der Waals surface area contributed by atoms with Crippen LogP contribution >= 0.6 is 24.0 Å². The summed E-state index contributed by atoms with van der Waals surface area (Å²) in [6.45, 7) is 4.67. The van der Waals surface area contributed by atoms with Gasteiger partial charge in [-0.15, -0.1) is 0 Å². The van der Waals surface area contributed by atoms with Crippen molar-refractivity contribution < 1.29 is 47.6 Å². The van der Waals surface area contributed by atoms with Crippen LogP contribution in [0.1, 0.15) is 13.8 Å². The summed E-state index contributed by atoms with van der Waals surface area (Å²) in [5.74, 6) is -0.00231. The fourth-order valence-electron chi connectivity index (χ4n) is 0.965. The van der Waals surface area contributed by atoms with Gasteiger partial charge in [0.05, 0.1) is 11.9 Å². The van der Waals surface area contributed by atoms with E-state index >= 15 is 0 Å². The molecule has 9 heteroatoms. The van der Waals surface area contributed by atoms with Gasteiger partial charge in [0, 0.05) is 18.8 Å². The minimum Gasteiger partial charge on any atom is -0.748 e. The van der Waals surface area contributed by atoms with Gasteiger partial charge in [-0.1, -0.05) is 24.0 Å².